The Hall–Kier alpha value is -1.64. The van der Waals surface area contributed by atoms with Crippen LogP contribution in [0, 0.1) is 23.7 Å². The molecular weight excluding hydrogens is 200 g/mol. The summed E-state index contributed by atoms with van der Waals surface area (Å²) in [6.45, 7) is 2.53. The maximum Gasteiger partial charge on any atom is 0.230 e. The van der Waals surface area contributed by atoms with E-state index in [2.05, 4.69) is 23.7 Å². The van der Waals surface area contributed by atoms with Gasteiger partial charge in [0.05, 0.1) is 6.61 Å². The highest BCUT2D eigenvalue weighted by molar-refractivity contribution is 5.35. The van der Waals surface area contributed by atoms with E-state index in [0.717, 1.165) is 31.6 Å². The first-order valence-electron chi connectivity index (χ1n) is 5.49. The van der Waals surface area contributed by atoms with Crippen LogP contribution < -0.4 is 0 Å². The Morgan fingerprint density at radius 1 is 1.38 bits per heavy atom. The fraction of sp³-hybridized carbons (Fsp3) is 0.429. The zero-order valence-corrected chi connectivity index (χ0v) is 9.38. The fourth-order valence-corrected chi connectivity index (χ4v) is 1.76. The molecule has 0 radical (unpaired) electrons. The van der Waals surface area contributed by atoms with Crippen LogP contribution in [-0.2, 0) is 9.47 Å². The number of hydrogen-bond donors (Lipinski definition) is 0. The smallest absolute Gasteiger partial charge is 0.230 e. The summed E-state index contributed by atoms with van der Waals surface area (Å²) in [6.07, 6.45) is 8.80. The zero-order valence-electron chi connectivity index (χ0n) is 9.38. The molecule has 2 rings (SSSR count). The Balaban J connectivity index is 2.00. The third-order valence-electron chi connectivity index (χ3n) is 2.53. The molecule has 0 aromatic heterocycles. The van der Waals surface area contributed by atoms with Crippen molar-refractivity contribution >= 4 is 0 Å². The van der Waals surface area contributed by atoms with Gasteiger partial charge >= 0.3 is 0 Å². The number of allylic oxidation sites excluding steroid dienone is 2. The summed E-state index contributed by atoms with van der Waals surface area (Å²) in [4.78, 5) is 0. The molecule has 16 heavy (non-hydrogen) atoms. The zero-order chi connectivity index (χ0) is 11.3. The number of rotatable bonds is 0. The SMILES string of the molecule is CC#CC#C/C=C1/C=CC2(CCCCO2)O1. The highest BCUT2D eigenvalue weighted by Crippen LogP contribution is 2.34. The topological polar surface area (TPSA) is 18.5 Å². The second kappa shape index (κ2) is 4.92. The molecule has 1 unspecified atom stereocenters. The highest BCUT2D eigenvalue weighted by atomic mass is 16.7. The Morgan fingerprint density at radius 2 is 2.31 bits per heavy atom. The van der Waals surface area contributed by atoms with E-state index in [1.54, 1.807) is 13.0 Å². The van der Waals surface area contributed by atoms with Crippen LogP contribution in [0.2, 0.25) is 0 Å². The van der Waals surface area contributed by atoms with Crippen LogP contribution >= 0.6 is 0 Å². The van der Waals surface area contributed by atoms with Crippen molar-refractivity contribution in [1.29, 1.82) is 0 Å². The molecule has 0 aromatic carbocycles. The van der Waals surface area contributed by atoms with E-state index in [1.165, 1.54) is 0 Å². The Labute approximate surface area is 96.3 Å². The first-order valence-corrected chi connectivity index (χ1v) is 5.49. The molecule has 1 fully saturated rings. The predicted molar refractivity (Wildman–Crippen MR) is 62.1 cm³/mol. The fourth-order valence-electron chi connectivity index (χ4n) is 1.76. The molecule has 2 heterocycles. The lowest BCUT2D eigenvalue weighted by Crippen LogP contribution is -2.34. The normalized spacial score (nSPS) is 29.2. The van der Waals surface area contributed by atoms with Gasteiger partial charge in [0.25, 0.3) is 0 Å². The highest BCUT2D eigenvalue weighted by Gasteiger charge is 2.36. The van der Waals surface area contributed by atoms with Crippen molar-refractivity contribution in [3.05, 3.63) is 24.0 Å². The molecule has 2 aliphatic rings. The molecule has 1 atom stereocenters. The van der Waals surface area contributed by atoms with Crippen molar-refractivity contribution in [3.63, 3.8) is 0 Å². The van der Waals surface area contributed by atoms with E-state index in [-0.39, 0.29) is 0 Å². The summed E-state index contributed by atoms with van der Waals surface area (Å²) in [6, 6.07) is 0. The first kappa shape index (κ1) is 10.9. The second-order valence-corrected chi connectivity index (χ2v) is 3.74. The maximum atomic E-state index is 5.75. The van der Waals surface area contributed by atoms with Crippen LogP contribution in [-0.4, -0.2) is 12.4 Å². The average Bonchev–Trinajstić information content (AvgIpc) is 2.69. The summed E-state index contributed by atoms with van der Waals surface area (Å²) in [5, 5.41) is 0. The van der Waals surface area contributed by atoms with Crippen LogP contribution in [0.15, 0.2) is 24.0 Å². The van der Waals surface area contributed by atoms with Crippen molar-refractivity contribution in [2.75, 3.05) is 6.61 Å². The first-order chi connectivity index (χ1) is 7.85. The van der Waals surface area contributed by atoms with Gasteiger partial charge in [-0.1, -0.05) is 11.8 Å². The van der Waals surface area contributed by atoms with Gasteiger partial charge in [0.1, 0.15) is 5.76 Å². The van der Waals surface area contributed by atoms with E-state index in [0.29, 0.717) is 0 Å². The van der Waals surface area contributed by atoms with E-state index in [4.69, 9.17) is 9.47 Å². The molecule has 1 spiro atoms. The lowest BCUT2D eigenvalue weighted by molar-refractivity contribution is -0.191. The van der Waals surface area contributed by atoms with Gasteiger partial charge in [-0.25, -0.2) is 0 Å². The van der Waals surface area contributed by atoms with Gasteiger partial charge in [-0.3, -0.25) is 0 Å². The summed E-state index contributed by atoms with van der Waals surface area (Å²) < 4.78 is 11.4. The molecule has 1 saturated heterocycles. The minimum absolute atomic E-state index is 0.512. The average molecular weight is 214 g/mol. The Kier molecular flexibility index (Phi) is 3.34. The van der Waals surface area contributed by atoms with Gasteiger partial charge < -0.3 is 9.47 Å². The van der Waals surface area contributed by atoms with Crippen molar-refractivity contribution in [2.24, 2.45) is 0 Å². The molecule has 0 aliphatic carbocycles. The van der Waals surface area contributed by atoms with Crippen LogP contribution in [0.25, 0.3) is 0 Å². The molecule has 0 amide bonds. The summed E-state index contributed by atoms with van der Waals surface area (Å²) in [5.41, 5.74) is 0. The summed E-state index contributed by atoms with van der Waals surface area (Å²) in [5.74, 6) is 11.2. The second-order valence-electron chi connectivity index (χ2n) is 3.74. The largest absolute Gasteiger partial charge is 0.458 e. The van der Waals surface area contributed by atoms with E-state index in [1.807, 2.05) is 12.2 Å². The van der Waals surface area contributed by atoms with Crippen molar-refractivity contribution in [1.82, 2.24) is 0 Å². The monoisotopic (exact) mass is 214 g/mol. The Morgan fingerprint density at radius 3 is 3.06 bits per heavy atom. The van der Waals surface area contributed by atoms with Crippen LogP contribution in [0.5, 0.6) is 0 Å². The number of ether oxygens (including phenoxy) is 2. The van der Waals surface area contributed by atoms with E-state index in [9.17, 15) is 0 Å². The molecule has 2 heteroatoms. The van der Waals surface area contributed by atoms with Crippen LogP contribution in [0.1, 0.15) is 26.2 Å². The third kappa shape index (κ3) is 2.48. The van der Waals surface area contributed by atoms with Gasteiger partial charge in [0.15, 0.2) is 0 Å². The summed E-state index contributed by atoms with van der Waals surface area (Å²) >= 11 is 0. The molecule has 82 valence electrons. The minimum Gasteiger partial charge on any atom is -0.458 e. The lowest BCUT2D eigenvalue weighted by Gasteiger charge is -2.31. The van der Waals surface area contributed by atoms with Crippen molar-refractivity contribution in [3.8, 4) is 23.7 Å². The van der Waals surface area contributed by atoms with Gasteiger partial charge in [-0.2, -0.15) is 0 Å². The standard InChI is InChI=1S/C14H14O2/c1-2-3-4-5-8-13-9-11-14(16-13)10-6-7-12-15-14/h8-9,11H,6-7,10,12H2,1H3/b13-8-. The molecular formula is C14H14O2. The van der Waals surface area contributed by atoms with E-state index < -0.39 is 5.79 Å². The Bertz CT molecular complexity index is 429. The summed E-state index contributed by atoms with van der Waals surface area (Å²) in [7, 11) is 0. The number of hydrogen-bond acceptors (Lipinski definition) is 2. The van der Waals surface area contributed by atoms with Crippen LogP contribution in [0.3, 0.4) is 0 Å². The van der Waals surface area contributed by atoms with E-state index >= 15 is 0 Å². The van der Waals surface area contributed by atoms with Gasteiger partial charge in [0, 0.05) is 12.5 Å². The molecule has 2 nitrogen and oxygen atoms in total. The molecule has 2 aliphatic heterocycles. The van der Waals surface area contributed by atoms with Crippen molar-refractivity contribution in [2.45, 2.75) is 32.0 Å². The molecule has 0 bridgehead atoms. The molecule has 0 N–H and O–H groups in total. The third-order valence-corrected chi connectivity index (χ3v) is 2.53. The quantitative estimate of drug-likeness (QED) is 0.576. The molecule has 0 aromatic rings. The maximum absolute atomic E-state index is 5.75. The van der Waals surface area contributed by atoms with Gasteiger partial charge in [-0.05, 0) is 43.8 Å². The molecule has 0 saturated carbocycles. The van der Waals surface area contributed by atoms with Gasteiger partial charge in [-0.15, -0.1) is 0 Å². The van der Waals surface area contributed by atoms with Crippen LogP contribution in [0.4, 0.5) is 0 Å². The van der Waals surface area contributed by atoms with Crippen molar-refractivity contribution < 1.29 is 9.47 Å². The van der Waals surface area contributed by atoms with Gasteiger partial charge in [0.2, 0.25) is 5.79 Å². The lowest BCUT2D eigenvalue weighted by atomic mass is 10.1. The minimum atomic E-state index is -0.512. The predicted octanol–water partition coefficient (Wildman–Crippen LogP) is 2.38.